The molecule has 0 N–H and O–H groups in total. The van der Waals surface area contributed by atoms with E-state index in [1.54, 1.807) is 0 Å². The molecule has 104 valence electrons. The van der Waals surface area contributed by atoms with Crippen LogP contribution in [0.15, 0.2) is 66.7 Å². The second-order valence-electron chi connectivity index (χ2n) is 6.31. The number of hydrogen-bond donors (Lipinski definition) is 0. The Bertz CT molecular complexity index is 1050. The Balaban J connectivity index is 1.90. The average molecular weight is 280 g/mol. The first-order chi connectivity index (χ1) is 10.8. The van der Waals surface area contributed by atoms with Gasteiger partial charge in [-0.1, -0.05) is 72.3 Å². The van der Waals surface area contributed by atoms with E-state index in [0.29, 0.717) is 0 Å². The minimum atomic E-state index is 1.06. The van der Waals surface area contributed by atoms with E-state index in [0.717, 1.165) is 6.42 Å². The Labute approximate surface area is 130 Å². The van der Waals surface area contributed by atoms with E-state index in [-0.39, 0.29) is 0 Å². The van der Waals surface area contributed by atoms with Gasteiger partial charge in [0, 0.05) is 0 Å². The van der Waals surface area contributed by atoms with Crippen molar-refractivity contribution in [1.29, 1.82) is 0 Å². The van der Waals surface area contributed by atoms with E-state index in [1.807, 2.05) is 0 Å². The molecule has 5 rings (SSSR count). The molecule has 0 saturated heterocycles. The van der Waals surface area contributed by atoms with E-state index in [2.05, 4.69) is 73.7 Å². The van der Waals surface area contributed by atoms with Gasteiger partial charge < -0.3 is 0 Å². The zero-order valence-electron chi connectivity index (χ0n) is 12.6. The van der Waals surface area contributed by atoms with Crippen LogP contribution in [0.3, 0.4) is 0 Å². The topological polar surface area (TPSA) is 0 Å². The highest BCUT2D eigenvalue weighted by molar-refractivity contribution is 6.10. The molecule has 0 fully saturated rings. The van der Waals surface area contributed by atoms with Gasteiger partial charge in [-0.2, -0.15) is 0 Å². The molecule has 0 amide bonds. The normalized spacial score (nSPS) is 12.6. The van der Waals surface area contributed by atoms with Gasteiger partial charge in [-0.3, -0.25) is 0 Å². The first-order valence-electron chi connectivity index (χ1n) is 7.84. The molecule has 0 aromatic heterocycles. The molecule has 0 unspecified atom stereocenters. The van der Waals surface area contributed by atoms with Crippen molar-refractivity contribution < 1.29 is 0 Å². The summed E-state index contributed by atoms with van der Waals surface area (Å²) in [6, 6.07) is 24.7. The van der Waals surface area contributed by atoms with Crippen LogP contribution in [0, 0.1) is 6.92 Å². The third-order valence-electron chi connectivity index (χ3n) is 4.96. The van der Waals surface area contributed by atoms with Crippen molar-refractivity contribution in [3.63, 3.8) is 0 Å². The fraction of sp³-hybridized carbons (Fsp3) is 0.0909. The summed E-state index contributed by atoms with van der Waals surface area (Å²) in [6.07, 6.45) is 1.06. The Morgan fingerprint density at radius 3 is 2.45 bits per heavy atom. The van der Waals surface area contributed by atoms with Gasteiger partial charge in [0.05, 0.1) is 0 Å². The summed E-state index contributed by atoms with van der Waals surface area (Å²) >= 11 is 0. The van der Waals surface area contributed by atoms with Gasteiger partial charge in [0.15, 0.2) is 0 Å². The van der Waals surface area contributed by atoms with Gasteiger partial charge >= 0.3 is 0 Å². The lowest BCUT2D eigenvalue weighted by atomic mass is 9.94. The lowest BCUT2D eigenvalue weighted by Gasteiger charge is -2.09. The minimum absolute atomic E-state index is 1.06. The van der Waals surface area contributed by atoms with Crippen molar-refractivity contribution in [1.82, 2.24) is 0 Å². The maximum Gasteiger partial charge on any atom is -0.000728 e. The molecule has 0 radical (unpaired) electrons. The van der Waals surface area contributed by atoms with Crippen LogP contribution in [0.25, 0.3) is 32.7 Å². The molecular formula is C22H16. The Morgan fingerprint density at radius 1 is 0.682 bits per heavy atom. The highest BCUT2D eigenvalue weighted by Crippen LogP contribution is 2.41. The third-order valence-corrected chi connectivity index (χ3v) is 4.96. The Kier molecular flexibility index (Phi) is 2.29. The van der Waals surface area contributed by atoms with Crippen molar-refractivity contribution in [2.24, 2.45) is 0 Å². The van der Waals surface area contributed by atoms with Crippen LogP contribution in [0.4, 0.5) is 0 Å². The number of benzene rings is 4. The van der Waals surface area contributed by atoms with Crippen LogP contribution in [0.2, 0.25) is 0 Å². The molecule has 1 aliphatic carbocycles. The molecule has 4 aromatic carbocycles. The monoisotopic (exact) mass is 280 g/mol. The zero-order chi connectivity index (χ0) is 14.7. The van der Waals surface area contributed by atoms with Crippen LogP contribution in [-0.4, -0.2) is 0 Å². The quantitative estimate of drug-likeness (QED) is 0.311. The van der Waals surface area contributed by atoms with E-state index in [1.165, 1.54) is 49.4 Å². The average Bonchev–Trinajstić information content (AvgIpc) is 2.93. The maximum absolute atomic E-state index is 2.31. The second-order valence-corrected chi connectivity index (χ2v) is 6.31. The fourth-order valence-electron chi connectivity index (χ4n) is 3.88. The standard InChI is InChI=1S/C22H16/c1-14-6-7-15-8-9-20-19(21(15)12-14)11-10-18-17-5-3-2-4-16(17)13-22(18)20/h2-12H,13H2,1H3. The molecule has 0 atom stereocenters. The van der Waals surface area contributed by atoms with Gasteiger partial charge in [0.1, 0.15) is 0 Å². The largest absolute Gasteiger partial charge is 0.0619 e. The molecule has 1 aliphatic rings. The van der Waals surface area contributed by atoms with Crippen LogP contribution in [0.1, 0.15) is 16.7 Å². The van der Waals surface area contributed by atoms with Crippen molar-refractivity contribution in [3.05, 3.63) is 83.4 Å². The molecule has 0 spiro atoms. The smallest absolute Gasteiger partial charge is 0.000728 e. The number of fused-ring (bicyclic) bond motifs is 7. The summed E-state index contributed by atoms with van der Waals surface area (Å²) in [5, 5.41) is 5.49. The molecule has 0 heterocycles. The molecule has 0 aliphatic heterocycles. The minimum Gasteiger partial charge on any atom is -0.0619 e. The van der Waals surface area contributed by atoms with E-state index in [9.17, 15) is 0 Å². The number of hydrogen-bond acceptors (Lipinski definition) is 0. The molecule has 0 nitrogen and oxygen atoms in total. The summed E-state index contributed by atoms with van der Waals surface area (Å²) < 4.78 is 0. The molecule has 0 heteroatoms. The summed E-state index contributed by atoms with van der Waals surface area (Å²) in [4.78, 5) is 0. The van der Waals surface area contributed by atoms with Crippen LogP contribution < -0.4 is 0 Å². The maximum atomic E-state index is 2.31. The SMILES string of the molecule is Cc1ccc2ccc3c4c(ccc3c2c1)-c1ccccc1C4. The van der Waals surface area contributed by atoms with Crippen LogP contribution >= 0.6 is 0 Å². The summed E-state index contributed by atoms with van der Waals surface area (Å²) in [5.41, 5.74) is 7.08. The highest BCUT2D eigenvalue weighted by atomic mass is 14.2. The Morgan fingerprint density at radius 2 is 1.50 bits per heavy atom. The first kappa shape index (κ1) is 12.0. The van der Waals surface area contributed by atoms with Gasteiger partial charge in [-0.25, -0.2) is 0 Å². The summed E-state index contributed by atoms with van der Waals surface area (Å²) in [6.45, 7) is 2.17. The Hall–Kier alpha value is -2.60. The lowest BCUT2D eigenvalue weighted by molar-refractivity contribution is 1.28. The molecular weight excluding hydrogens is 264 g/mol. The van der Waals surface area contributed by atoms with Crippen molar-refractivity contribution in [2.75, 3.05) is 0 Å². The molecule has 4 aromatic rings. The highest BCUT2D eigenvalue weighted by Gasteiger charge is 2.20. The molecule has 0 saturated carbocycles. The summed E-state index contributed by atoms with van der Waals surface area (Å²) in [7, 11) is 0. The van der Waals surface area contributed by atoms with Crippen molar-refractivity contribution in [3.8, 4) is 11.1 Å². The fourth-order valence-corrected chi connectivity index (χ4v) is 3.88. The summed E-state index contributed by atoms with van der Waals surface area (Å²) in [5.74, 6) is 0. The van der Waals surface area contributed by atoms with Gasteiger partial charge in [0.2, 0.25) is 0 Å². The first-order valence-corrected chi connectivity index (χ1v) is 7.84. The van der Waals surface area contributed by atoms with E-state index >= 15 is 0 Å². The molecule has 0 bridgehead atoms. The third kappa shape index (κ3) is 1.52. The number of aryl methyl sites for hydroxylation is 1. The van der Waals surface area contributed by atoms with Gasteiger partial charge in [0.25, 0.3) is 0 Å². The van der Waals surface area contributed by atoms with Crippen LogP contribution in [0.5, 0.6) is 0 Å². The van der Waals surface area contributed by atoms with Crippen molar-refractivity contribution in [2.45, 2.75) is 13.3 Å². The van der Waals surface area contributed by atoms with Crippen molar-refractivity contribution >= 4 is 21.5 Å². The van der Waals surface area contributed by atoms with Crippen LogP contribution in [-0.2, 0) is 6.42 Å². The molecule has 22 heavy (non-hydrogen) atoms. The predicted molar refractivity (Wildman–Crippen MR) is 94.4 cm³/mol. The predicted octanol–water partition coefficient (Wildman–Crippen LogP) is 5.87. The zero-order valence-corrected chi connectivity index (χ0v) is 12.6. The van der Waals surface area contributed by atoms with Gasteiger partial charge in [-0.15, -0.1) is 0 Å². The lowest BCUT2D eigenvalue weighted by Crippen LogP contribution is -1.86. The second kappa shape index (κ2) is 4.20. The van der Waals surface area contributed by atoms with E-state index in [4.69, 9.17) is 0 Å². The van der Waals surface area contributed by atoms with E-state index < -0.39 is 0 Å². The number of rotatable bonds is 0. The van der Waals surface area contributed by atoms with Gasteiger partial charge in [-0.05, 0) is 57.1 Å².